The molecule has 1 N–H and O–H groups in total. The molecule has 3 aromatic rings. The molecule has 8 nitrogen and oxygen atoms in total. The van der Waals surface area contributed by atoms with E-state index in [0.717, 1.165) is 15.8 Å². The van der Waals surface area contributed by atoms with Gasteiger partial charge in [0.25, 0.3) is 10.0 Å². The molecule has 158 valence electrons. The van der Waals surface area contributed by atoms with Crippen LogP contribution >= 0.6 is 38.9 Å². The number of carbonyl (C=O) groups is 1. The van der Waals surface area contributed by atoms with Gasteiger partial charge >= 0.3 is 6.01 Å². The molecule has 1 aromatic carbocycles. The van der Waals surface area contributed by atoms with Crippen LogP contribution in [-0.2, 0) is 14.8 Å². The van der Waals surface area contributed by atoms with Gasteiger partial charge in [0.05, 0.1) is 10.3 Å². The minimum atomic E-state index is -3.68. The summed E-state index contributed by atoms with van der Waals surface area (Å²) >= 11 is 10.3. The van der Waals surface area contributed by atoms with E-state index in [1.807, 2.05) is 24.3 Å². The van der Waals surface area contributed by atoms with Crippen molar-refractivity contribution >= 4 is 60.8 Å². The van der Waals surface area contributed by atoms with Crippen molar-refractivity contribution in [1.82, 2.24) is 14.5 Å². The normalized spacial score (nSPS) is 17.7. The minimum Gasteiger partial charge on any atom is -0.403 e. The van der Waals surface area contributed by atoms with Gasteiger partial charge in [0.15, 0.2) is 0 Å². The molecule has 1 atom stereocenters. The molecule has 4 rings (SSSR count). The number of amides is 1. The molecule has 30 heavy (non-hydrogen) atoms. The Kier molecular flexibility index (Phi) is 6.26. The molecule has 12 heteroatoms. The van der Waals surface area contributed by atoms with E-state index in [2.05, 4.69) is 31.4 Å². The lowest BCUT2D eigenvalue weighted by Crippen LogP contribution is -2.43. The number of hydrogen-bond acceptors (Lipinski definition) is 7. The van der Waals surface area contributed by atoms with Crippen LogP contribution in [0, 0.1) is 5.92 Å². The Morgan fingerprint density at radius 3 is 2.87 bits per heavy atom. The molecule has 1 aliphatic heterocycles. The Balaban J connectivity index is 1.44. The van der Waals surface area contributed by atoms with E-state index in [1.165, 1.54) is 10.4 Å². The summed E-state index contributed by atoms with van der Waals surface area (Å²) in [4.78, 5) is 12.7. The average molecular weight is 532 g/mol. The fourth-order valence-corrected chi connectivity index (χ4v) is 6.72. The van der Waals surface area contributed by atoms with Gasteiger partial charge in [-0.05, 0) is 43.2 Å². The SMILES string of the molecule is O=C(Nc1nnc(-c2cccc(Br)c2)o1)C1CCCN(S(=O)(=O)c2ccc(Cl)s2)C1. The third-order valence-electron chi connectivity index (χ3n) is 4.62. The van der Waals surface area contributed by atoms with E-state index in [9.17, 15) is 13.2 Å². The minimum absolute atomic E-state index is 0.0278. The first kappa shape index (κ1) is 21.4. The second kappa shape index (κ2) is 8.75. The Labute approximate surface area is 190 Å². The van der Waals surface area contributed by atoms with Gasteiger partial charge in [0.2, 0.25) is 11.8 Å². The van der Waals surface area contributed by atoms with Gasteiger partial charge in [0, 0.05) is 23.1 Å². The monoisotopic (exact) mass is 530 g/mol. The van der Waals surface area contributed by atoms with Crippen molar-refractivity contribution in [2.24, 2.45) is 5.92 Å². The molecule has 1 saturated heterocycles. The maximum Gasteiger partial charge on any atom is 0.322 e. The molecule has 1 aliphatic rings. The number of nitrogens with one attached hydrogen (secondary N) is 1. The van der Waals surface area contributed by atoms with Crippen LogP contribution in [0.25, 0.3) is 11.5 Å². The number of nitrogens with zero attached hydrogens (tertiary/aromatic N) is 3. The van der Waals surface area contributed by atoms with Crippen molar-refractivity contribution in [2.45, 2.75) is 17.1 Å². The van der Waals surface area contributed by atoms with Crippen molar-refractivity contribution in [1.29, 1.82) is 0 Å². The van der Waals surface area contributed by atoms with Gasteiger partial charge in [-0.25, -0.2) is 8.42 Å². The Morgan fingerprint density at radius 2 is 2.13 bits per heavy atom. The topological polar surface area (TPSA) is 105 Å². The summed E-state index contributed by atoms with van der Waals surface area (Å²) in [7, 11) is -3.68. The van der Waals surface area contributed by atoms with E-state index in [1.54, 1.807) is 6.07 Å². The van der Waals surface area contributed by atoms with Crippen LogP contribution in [0.2, 0.25) is 4.34 Å². The second-order valence-corrected chi connectivity index (χ2v) is 11.5. The highest BCUT2D eigenvalue weighted by Gasteiger charge is 2.34. The molecule has 0 spiro atoms. The fourth-order valence-electron chi connectivity index (χ4n) is 3.16. The lowest BCUT2D eigenvalue weighted by atomic mass is 9.99. The van der Waals surface area contributed by atoms with Crippen LogP contribution in [0.3, 0.4) is 0 Å². The fraction of sp³-hybridized carbons (Fsp3) is 0.278. The van der Waals surface area contributed by atoms with Gasteiger partial charge in [-0.1, -0.05) is 38.7 Å². The molecule has 0 radical (unpaired) electrons. The number of piperidine rings is 1. The van der Waals surface area contributed by atoms with E-state index in [4.69, 9.17) is 16.0 Å². The first-order valence-corrected chi connectivity index (χ1v) is 12.4. The molecule has 1 fully saturated rings. The van der Waals surface area contributed by atoms with Crippen molar-refractivity contribution < 1.29 is 17.6 Å². The number of aromatic nitrogens is 2. The van der Waals surface area contributed by atoms with E-state index < -0.39 is 15.9 Å². The number of halogens is 2. The molecule has 0 saturated carbocycles. The smallest absolute Gasteiger partial charge is 0.322 e. The van der Waals surface area contributed by atoms with Gasteiger partial charge in [-0.3, -0.25) is 10.1 Å². The molecular formula is C18H16BrClN4O4S2. The van der Waals surface area contributed by atoms with Crippen molar-refractivity contribution in [3.8, 4) is 11.5 Å². The highest BCUT2D eigenvalue weighted by molar-refractivity contribution is 9.10. The molecule has 3 heterocycles. The lowest BCUT2D eigenvalue weighted by molar-refractivity contribution is -0.121. The molecule has 0 aliphatic carbocycles. The number of rotatable bonds is 5. The van der Waals surface area contributed by atoms with Crippen molar-refractivity contribution in [3.05, 3.63) is 45.2 Å². The summed E-state index contributed by atoms with van der Waals surface area (Å²) < 4.78 is 33.9. The Morgan fingerprint density at radius 1 is 1.30 bits per heavy atom. The lowest BCUT2D eigenvalue weighted by Gasteiger charge is -2.30. The first-order valence-electron chi connectivity index (χ1n) is 8.99. The quantitative estimate of drug-likeness (QED) is 0.528. The molecule has 1 amide bonds. The summed E-state index contributed by atoms with van der Waals surface area (Å²) in [6.07, 6.45) is 1.14. The largest absolute Gasteiger partial charge is 0.403 e. The van der Waals surface area contributed by atoms with Crippen LogP contribution in [-0.4, -0.2) is 41.9 Å². The summed E-state index contributed by atoms with van der Waals surface area (Å²) in [5, 5.41) is 10.4. The third-order valence-corrected chi connectivity index (χ3v) is 8.68. The highest BCUT2D eigenvalue weighted by Crippen LogP contribution is 2.31. The van der Waals surface area contributed by atoms with Crippen molar-refractivity contribution in [3.63, 3.8) is 0 Å². The molecular weight excluding hydrogens is 516 g/mol. The van der Waals surface area contributed by atoms with Crippen LogP contribution in [0.4, 0.5) is 6.01 Å². The third kappa shape index (κ3) is 4.59. The molecule has 1 unspecified atom stereocenters. The van der Waals surface area contributed by atoms with E-state index in [-0.39, 0.29) is 28.6 Å². The molecule has 0 bridgehead atoms. The second-order valence-electron chi connectivity index (χ2n) is 6.67. The summed E-state index contributed by atoms with van der Waals surface area (Å²) in [5.74, 6) is -0.609. The van der Waals surface area contributed by atoms with E-state index >= 15 is 0 Å². The highest BCUT2D eigenvalue weighted by atomic mass is 79.9. The van der Waals surface area contributed by atoms with Crippen LogP contribution in [0.15, 0.2) is 49.5 Å². The average Bonchev–Trinajstić information content (AvgIpc) is 3.37. The van der Waals surface area contributed by atoms with Gasteiger partial charge in [0.1, 0.15) is 4.21 Å². The Bertz CT molecular complexity index is 1180. The zero-order valence-corrected chi connectivity index (χ0v) is 19.4. The summed E-state index contributed by atoms with van der Waals surface area (Å²) in [5.41, 5.74) is 0.710. The maximum atomic E-state index is 12.8. The first-order chi connectivity index (χ1) is 14.3. The molecule has 2 aromatic heterocycles. The maximum absolute atomic E-state index is 12.8. The van der Waals surface area contributed by atoms with Crippen LogP contribution in [0.1, 0.15) is 12.8 Å². The number of benzene rings is 1. The van der Waals surface area contributed by atoms with Gasteiger partial charge < -0.3 is 4.42 Å². The predicted molar refractivity (Wildman–Crippen MR) is 117 cm³/mol. The summed E-state index contributed by atoms with van der Waals surface area (Å²) in [6, 6.07) is 10.3. The number of anilines is 1. The Hall–Kier alpha value is -1.79. The zero-order valence-electron chi connectivity index (χ0n) is 15.4. The standard InChI is InChI=1S/C18H16BrClN4O4S2/c19-13-5-1-3-11(9-13)17-22-23-18(28-17)21-16(25)12-4-2-8-24(10-12)30(26,27)15-7-6-14(20)29-15/h1,3,5-7,9,12H,2,4,8,10H2,(H,21,23,25). The van der Waals surface area contributed by atoms with Gasteiger partial charge in [-0.2, -0.15) is 4.31 Å². The number of carbonyl (C=O) groups excluding carboxylic acids is 1. The zero-order chi connectivity index (χ0) is 21.3. The van der Waals surface area contributed by atoms with E-state index in [0.29, 0.717) is 29.3 Å². The van der Waals surface area contributed by atoms with Gasteiger partial charge in [-0.15, -0.1) is 16.4 Å². The van der Waals surface area contributed by atoms with Crippen molar-refractivity contribution in [2.75, 3.05) is 18.4 Å². The summed E-state index contributed by atoms with van der Waals surface area (Å²) in [6.45, 7) is 0.436. The van der Waals surface area contributed by atoms with Crippen LogP contribution in [0.5, 0.6) is 0 Å². The van der Waals surface area contributed by atoms with Crippen LogP contribution < -0.4 is 5.32 Å². The number of hydrogen-bond donors (Lipinski definition) is 1. The number of thiophene rings is 1. The number of sulfonamides is 1. The predicted octanol–water partition coefficient (Wildman–Crippen LogP) is 4.25.